The number of nitrogens with zero attached hydrogens (tertiary/aromatic N) is 1. The molecule has 4 nitrogen and oxygen atoms in total. The average Bonchev–Trinajstić information content (AvgIpc) is 1.99. The molecule has 0 heterocycles. The van der Waals surface area contributed by atoms with Gasteiger partial charge in [0.25, 0.3) is 0 Å². The molecule has 0 unspecified atom stereocenters. The summed E-state index contributed by atoms with van der Waals surface area (Å²) in [5.41, 5.74) is 5.24. The third kappa shape index (κ3) is 3.23. The Morgan fingerprint density at radius 1 is 1.64 bits per heavy atom. The van der Waals surface area contributed by atoms with Crippen LogP contribution >= 0.6 is 0 Å². The monoisotopic (exact) mass is 159 g/mol. The quantitative estimate of drug-likeness (QED) is 0.240. The molecule has 0 amide bonds. The van der Waals surface area contributed by atoms with Crippen LogP contribution in [0.3, 0.4) is 0 Å². The summed E-state index contributed by atoms with van der Waals surface area (Å²) in [6, 6.07) is 0. The second-order valence-corrected chi connectivity index (χ2v) is 3.22. The van der Waals surface area contributed by atoms with Crippen molar-refractivity contribution >= 4 is 5.84 Å². The maximum atomic E-state index is 8.41. The number of rotatable bonds is 4. The van der Waals surface area contributed by atoms with E-state index in [0.29, 0.717) is 0 Å². The van der Waals surface area contributed by atoms with Gasteiger partial charge in [0.1, 0.15) is 5.84 Å². The summed E-state index contributed by atoms with van der Waals surface area (Å²) in [4.78, 5) is 0. The maximum absolute atomic E-state index is 8.41. The largest absolute Gasteiger partial charge is 0.409 e. The minimum atomic E-state index is -0.224. The van der Waals surface area contributed by atoms with Crippen molar-refractivity contribution in [1.29, 1.82) is 0 Å². The lowest BCUT2D eigenvalue weighted by Gasteiger charge is -2.22. The van der Waals surface area contributed by atoms with Gasteiger partial charge in [-0.25, -0.2) is 0 Å². The van der Waals surface area contributed by atoms with E-state index in [1.807, 2.05) is 20.9 Å². The highest BCUT2D eigenvalue weighted by molar-refractivity contribution is 5.85. The van der Waals surface area contributed by atoms with Crippen LogP contribution in [0, 0.1) is 5.41 Å². The van der Waals surface area contributed by atoms with Gasteiger partial charge in [0.15, 0.2) is 0 Å². The lowest BCUT2D eigenvalue weighted by Crippen LogP contribution is -2.34. The highest BCUT2D eigenvalue weighted by Gasteiger charge is 2.22. The van der Waals surface area contributed by atoms with Crippen LogP contribution in [0.4, 0.5) is 0 Å². The van der Waals surface area contributed by atoms with Crippen LogP contribution in [0.2, 0.25) is 0 Å². The first kappa shape index (κ1) is 10.2. The first-order valence-electron chi connectivity index (χ1n) is 3.67. The molecule has 66 valence electrons. The van der Waals surface area contributed by atoms with E-state index in [9.17, 15) is 0 Å². The smallest absolute Gasteiger partial charge is 0.144 e. The van der Waals surface area contributed by atoms with Crippen LogP contribution in [0.15, 0.2) is 5.16 Å². The van der Waals surface area contributed by atoms with Crippen LogP contribution in [0.1, 0.15) is 20.3 Å². The Morgan fingerprint density at radius 3 is 2.55 bits per heavy atom. The Morgan fingerprint density at radius 2 is 2.18 bits per heavy atom. The van der Waals surface area contributed by atoms with Gasteiger partial charge in [-0.05, 0) is 20.0 Å². The van der Waals surface area contributed by atoms with Crippen molar-refractivity contribution in [3.8, 4) is 0 Å². The van der Waals surface area contributed by atoms with Gasteiger partial charge in [-0.3, -0.25) is 0 Å². The van der Waals surface area contributed by atoms with E-state index in [1.165, 1.54) is 0 Å². The van der Waals surface area contributed by atoms with Crippen molar-refractivity contribution < 1.29 is 5.21 Å². The van der Waals surface area contributed by atoms with Crippen LogP contribution < -0.4 is 11.1 Å². The summed E-state index contributed by atoms with van der Waals surface area (Å²) in [6.07, 6.45) is 0.861. The number of amidine groups is 1. The van der Waals surface area contributed by atoms with Crippen molar-refractivity contribution in [1.82, 2.24) is 5.32 Å². The molecule has 0 atom stereocenters. The van der Waals surface area contributed by atoms with E-state index >= 15 is 0 Å². The fourth-order valence-electron chi connectivity index (χ4n) is 0.701. The molecule has 0 radical (unpaired) electrons. The molecule has 0 aromatic rings. The van der Waals surface area contributed by atoms with Crippen molar-refractivity contribution in [2.75, 3.05) is 13.6 Å². The summed E-state index contributed by atoms with van der Waals surface area (Å²) >= 11 is 0. The van der Waals surface area contributed by atoms with E-state index in [1.54, 1.807) is 0 Å². The molecule has 0 bridgehead atoms. The van der Waals surface area contributed by atoms with Gasteiger partial charge in [-0.1, -0.05) is 19.0 Å². The van der Waals surface area contributed by atoms with Crippen molar-refractivity contribution in [2.45, 2.75) is 20.3 Å². The van der Waals surface area contributed by atoms with E-state index in [-0.39, 0.29) is 11.3 Å². The molecule has 0 rings (SSSR count). The third-order valence-electron chi connectivity index (χ3n) is 1.80. The SMILES string of the molecule is CNCCC(C)(C)C(N)=NO. The highest BCUT2D eigenvalue weighted by atomic mass is 16.4. The topological polar surface area (TPSA) is 70.6 Å². The fourth-order valence-corrected chi connectivity index (χ4v) is 0.701. The van der Waals surface area contributed by atoms with Gasteiger partial charge in [0.05, 0.1) is 0 Å². The van der Waals surface area contributed by atoms with Gasteiger partial charge in [-0.15, -0.1) is 0 Å². The second-order valence-electron chi connectivity index (χ2n) is 3.22. The molecular weight excluding hydrogens is 142 g/mol. The minimum absolute atomic E-state index is 0.224. The zero-order chi connectivity index (χ0) is 8.91. The van der Waals surface area contributed by atoms with Crippen LogP contribution in [0.5, 0.6) is 0 Å². The van der Waals surface area contributed by atoms with E-state index in [2.05, 4.69) is 10.5 Å². The van der Waals surface area contributed by atoms with E-state index in [0.717, 1.165) is 13.0 Å². The van der Waals surface area contributed by atoms with Crippen LogP contribution in [-0.2, 0) is 0 Å². The number of hydrogen-bond donors (Lipinski definition) is 3. The van der Waals surface area contributed by atoms with E-state index < -0.39 is 0 Å². The Kier molecular flexibility index (Phi) is 3.89. The Bertz CT molecular complexity index is 143. The van der Waals surface area contributed by atoms with Crippen molar-refractivity contribution in [3.63, 3.8) is 0 Å². The summed E-state index contributed by atoms with van der Waals surface area (Å²) in [7, 11) is 1.88. The molecule has 0 fully saturated rings. The number of nitrogens with one attached hydrogen (secondary N) is 1. The van der Waals surface area contributed by atoms with Gasteiger partial charge in [0, 0.05) is 5.41 Å². The van der Waals surface area contributed by atoms with Crippen LogP contribution in [0.25, 0.3) is 0 Å². The Labute approximate surface area is 67.5 Å². The summed E-state index contributed by atoms with van der Waals surface area (Å²) in [5.74, 6) is 0.285. The average molecular weight is 159 g/mol. The molecule has 0 saturated heterocycles. The molecule has 11 heavy (non-hydrogen) atoms. The van der Waals surface area contributed by atoms with Crippen molar-refractivity contribution in [3.05, 3.63) is 0 Å². The summed E-state index contributed by atoms with van der Waals surface area (Å²) in [5, 5.41) is 14.4. The molecule has 4 N–H and O–H groups in total. The number of nitrogens with two attached hydrogens (primary N) is 1. The number of hydrogen-bond acceptors (Lipinski definition) is 3. The summed E-state index contributed by atoms with van der Waals surface area (Å²) in [6.45, 7) is 4.75. The standard InChI is InChI=1S/C7H17N3O/c1-7(2,4-5-9-3)6(8)10-11/h9,11H,4-5H2,1-3H3,(H2,8,10). The van der Waals surface area contributed by atoms with Crippen LogP contribution in [-0.4, -0.2) is 24.6 Å². The molecule has 4 heteroatoms. The molecule has 0 aliphatic rings. The molecule has 0 spiro atoms. The molecule has 0 aliphatic carbocycles. The maximum Gasteiger partial charge on any atom is 0.144 e. The molecular formula is C7H17N3O. The minimum Gasteiger partial charge on any atom is -0.409 e. The van der Waals surface area contributed by atoms with Crippen molar-refractivity contribution in [2.24, 2.45) is 16.3 Å². The lowest BCUT2D eigenvalue weighted by atomic mass is 9.88. The lowest BCUT2D eigenvalue weighted by molar-refractivity contribution is 0.305. The zero-order valence-electron chi connectivity index (χ0n) is 7.39. The highest BCUT2D eigenvalue weighted by Crippen LogP contribution is 2.18. The molecule has 0 aromatic heterocycles. The predicted octanol–water partition coefficient (Wildman–Crippen LogP) is 0.368. The number of oxime groups is 1. The molecule has 0 aromatic carbocycles. The van der Waals surface area contributed by atoms with Gasteiger partial charge < -0.3 is 16.3 Å². The summed E-state index contributed by atoms with van der Waals surface area (Å²) < 4.78 is 0. The Balaban J connectivity index is 3.99. The zero-order valence-corrected chi connectivity index (χ0v) is 7.39. The Hall–Kier alpha value is -0.770. The third-order valence-corrected chi connectivity index (χ3v) is 1.80. The fraction of sp³-hybridized carbons (Fsp3) is 0.857. The first-order chi connectivity index (χ1) is 5.04. The van der Waals surface area contributed by atoms with Gasteiger partial charge >= 0.3 is 0 Å². The van der Waals surface area contributed by atoms with E-state index in [4.69, 9.17) is 10.9 Å². The predicted molar refractivity (Wildman–Crippen MR) is 45.7 cm³/mol. The van der Waals surface area contributed by atoms with Gasteiger partial charge in [-0.2, -0.15) is 0 Å². The molecule has 0 saturated carbocycles. The second kappa shape index (κ2) is 4.18. The first-order valence-corrected chi connectivity index (χ1v) is 3.67. The molecule has 0 aliphatic heterocycles. The normalized spacial score (nSPS) is 13.5. The van der Waals surface area contributed by atoms with Gasteiger partial charge in [0.2, 0.25) is 0 Å².